The summed E-state index contributed by atoms with van der Waals surface area (Å²) in [6.45, 7) is 0.162. The third-order valence-electron chi connectivity index (χ3n) is 6.88. The fourth-order valence-corrected chi connectivity index (χ4v) is 6.22. The maximum absolute atomic E-state index is 13.9. The van der Waals surface area contributed by atoms with Gasteiger partial charge in [-0.1, -0.05) is 115 Å². The van der Waals surface area contributed by atoms with Gasteiger partial charge in [0.25, 0.3) is 15.7 Å². The van der Waals surface area contributed by atoms with E-state index in [1.807, 2.05) is 66.7 Å². The molecule has 1 atom stereocenters. The fourth-order valence-electron chi connectivity index (χ4n) is 4.92. The van der Waals surface area contributed by atoms with Crippen molar-refractivity contribution in [3.05, 3.63) is 177 Å². The van der Waals surface area contributed by atoms with Crippen molar-refractivity contribution in [3.63, 3.8) is 0 Å². The van der Waals surface area contributed by atoms with E-state index in [0.29, 0.717) is 21.7 Å². The van der Waals surface area contributed by atoms with Gasteiger partial charge in [0.1, 0.15) is 11.3 Å². The van der Waals surface area contributed by atoms with Crippen LogP contribution in [0.2, 0.25) is 5.02 Å². The van der Waals surface area contributed by atoms with Crippen molar-refractivity contribution in [2.24, 2.45) is 4.99 Å². The molecule has 0 saturated heterocycles. The van der Waals surface area contributed by atoms with Crippen molar-refractivity contribution in [1.29, 1.82) is 0 Å². The zero-order valence-corrected chi connectivity index (χ0v) is 23.9. The van der Waals surface area contributed by atoms with Crippen LogP contribution in [0.1, 0.15) is 22.3 Å². The third-order valence-corrected chi connectivity index (χ3v) is 8.47. The first-order valence-corrected chi connectivity index (χ1v) is 14.9. The zero-order chi connectivity index (χ0) is 29.6. The molecule has 0 fully saturated rings. The van der Waals surface area contributed by atoms with Crippen molar-refractivity contribution in [2.45, 2.75) is 16.9 Å². The molecule has 5 aromatic carbocycles. The lowest BCUT2D eigenvalue weighted by Crippen LogP contribution is -2.48. The summed E-state index contributed by atoms with van der Waals surface area (Å²) in [7, 11) is -4.12. The number of hydrogen-bond acceptors (Lipinski definition) is 5. The minimum atomic E-state index is -4.12. The number of halogens is 1. The topological polar surface area (TPSA) is 102 Å². The lowest BCUT2D eigenvalue weighted by atomic mass is 9.68. The average Bonchev–Trinajstić information content (AvgIpc) is 3.02. The van der Waals surface area contributed by atoms with E-state index in [4.69, 9.17) is 16.6 Å². The van der Waals surface area contributed by atoms with Gasteiger partial charge >= 0.3 is 0 Å². The number of nitro benzene ring substituents is 1. The van der Waals surface area contributed by atoms with Crippen LogP contribution in [0.4, 0.5) is 5.69 Å². The van der Waals surface area contributed by atoms with Crippen LogP contribution in [0.25, 0.3) is 0 Å². The van der Waals surface area contributed by atoms with E-state index in [1.165, 1.54) is 24.3 Å². The minimum Gasteiger partial charge on any atom is -0.266 e. The zero-order valence-electron chi connectivity index (χ0n) is 22.3. The molecule has 0 aliphatic rings. The first-order chi connectivity index (χ1) is 20.3. The Bertz CT molecular complexity index is 1820. The van der Waals surface area contributed by atoms with Gasteiger partial charge in [-0.2, -0.15) is 0 Å². The summed E-state index contributed by atoms with van der Waals surface area (Å²) >= 11 is 6.53. The second kappa shape index (κ2) is 12.4. The highest BCUT2D eigenvalue weighted by atomic mass is 35.5. The molecule has 5 rings (SSSR count). The number of sulfonamides is 1. The Morgan fingerprint density at radius 2 is 1.29 bits per heavy atom. The van der Waals surface area contributed by atoms with Gasteiger partial charge in [-0.05, 0) is 46.5 Å². The number of non-ortho nitro benzene ring substituents is 1. The van der Waals surface area contributed by atoms with Crippen molar-refractivity contribution in [3.8, 4) is 0 Å². The maximum atomic E-state index is 13.9. The maximum Gasteiger partial charge on any atom is 0.269 e. The lowest BCUT2D eigenvalue weighted by Gasteiger charge is -2.37. The van der Waals surface area contributed by atoms with Gasteiger partial charge in [0.2, 0.25) is 0 Å². The smallest absolute Gasteiger partial charge is 0.266 e. The van der Waals surface area contributed by atoms with Crippen LogP contribution in [0.3, 0.4) is 0 Å². The molecule has 0 aliphatic carbocycles. The molecule has 210 valence electrons. The average molecular weight is 596 g/mol. The number of aliphatic imine (C=N–C) groups is 1. The highest BCUT2D eigenvalue weighted by Gasteiger charge is 2.44. The SMILES string of the molecule is O=[N+]([O-])c1ccc(C(C(=NCc2ccccc2)NS(=O)(=O)c2ccccc2)(c2ccccc2)c2cccc(Cl)c2)cc1. The van der Waals surface area contributed by atoms with E-state index in [0.717, 1.165) is 5.56 Å². The molecule has 42 heavy (non-hydrogen) atoms. The van der Waals surface area contributed by atoms with E-state index in [2.05, 4.69) is 4.72 Å². The second-order valence-electron chi connectivity index (χ2n) is 9.50. The summed E-state index contributed by atoms with van der Waals surface area (Å²) in [5, 5.41) is 12.0. The van der Waals surface area contributed by atoms with Gasteiger partial charge in [0.15, 0.2) is 0 Å². The molecule has 7 nitrogen and oxygen atoms in total. The molecule has 0 saturated carbocycles. The largest absolute Gasteiger partial charge is 0.269 e. The summed E-state index contributed by atoms with van der Waals surface area (Å²) in [6.07, 6.45) is 0. The lowest BCUT2D eigenvalue weighted by molar-refractivity contribution is -0.384. The molecule has 5 aromatic rings. The van der Waals surface area contributed by atoms with E-state index in [9.17, 15) is 18.5 Å². The summed E-state index contributed by atoms with van der Waals surface area (Å²) < 4.78 is 30.6. The molecule has 0 spiro atoms. The van der Waals surface area contributed by atoms with Gasteiger partial charge in [-0.3, -0.25) is 19.8 Å². The molecule has 1 N–H and O–H groups in total. The van der Waals surface area contributed by atoms with Crippen molar-refractivity contribution >= 4 is 33.1 Å². The van der Waals surface area contributed by atoms with Crippen LogP contribution in [0.15, 0.2) is 149 Å². The third kappa shape index (κ3) is 5.95. The first kappa shape index (κ1) is 28.7. The Balaban J connectivity index is 1.85. The van der Waals surface area contributed by atoms with Crippen LogP contribution in [0, 0.1) is 10.1 Å². The molecule has 0 aromatic heterocycles. The number of benzene rings is 5. The molecule has 0 amide bonds. The number of nitrogens with one attached hydrogen (secondary N) is 1. The second-order valence-corrected chi connectivity index (χ2v) is 11.6. The minimum absolute atomic E-state index is 0.0640. The van der Waals surface area contributed by atoms with Crippen LogP contribution >= 0.6 is 11.6 Å². The highest BCUT2D eigenvalue weighted by molar-refractivity contribution is 7.90. The number of nitrogens with zero attached hydrogens (tertiary/aromatic N) is 2. The van der Waals surface area contributed by atoms with Gasteiger partial charge in [0, 0.05) is 17.2 Å². The Kier molecular flexibility index (Phi) is 8.47. The number of nitro groups is 1. The first-order valence-electron chi connectivity index (χ1n) is 13.0. The summed E-state index contributed by atoms with van der Waals surface area (Å²) in [5.41, 5.74) is 1.27. The number of amidine groups is 1. The van der Waals surface area contributed by atoms with Gasteiger partial charge in [-0.15, -0.1) is 0 Å². The Hall–Kier alpha value is -4.79. The van der Waals surface area contributed by atoms with E-state index in [-0.39, 0.29) is 23.0 Å². The molecule has 0 heterocycles. The normalized spacial score (nSPS) is 13.2. The van der Waals surface area contributed by atoms with Gasteiger partial charge in [-0.25, -0.2) is 8.42 Å². The fraction of sp³-hybridized carbons (Fsp3) is 0.0606. The summed E-state index contributed by atoms with van der Waals surface area (Å²) in [4.78, 5) is 16.1. The number of hydrogen-bond donors (Lipinski definition) is 1. The standard InChI is InChI=1S/C33H26ClN3O4S/c34-29-16-10-15-28(23-29)33(26-13-6-2-7-14-26,27-19-21-30(22-20-27)37(38)39)32(35-24-25-11-4-1-5-12-25)36-42(40,41)31-17-8-3-9-18-31/h1-23H,24H2,(H,35,36). The van der Waals surface area contributed by atoms with Gasteiger partial charge in [0.05, 0.1) is 16.4 Å². The van der Waals surface area contributed by atoms with E-state index in [1.54, 1.807) is 48.5 Å². The van der Waals surface area contributed by atoms with Crippen LogP contribution in [-0.2, 0) is 22.0 Å². The predicted molar refractivity (Wildman–Crippen MR) is 165 cm³/mol. The van der Waals surface area contributed by atoms with Crippen LogP contribution in [-0.4, -0.2) is 19.2 Å². The van der Waals surface area contributed by atoms with Crippen molar-refractivity contribution in [2.75, 3.05) is 0 Å². The summed E-state index contributed by atoms with van der Waals surface area (Å²) in [5.74, 6) is 0.109. The number of rotatable bonds is 9. The Morgan fingerprint density at radius 3 is 1.88 bits per heavy atom. The molecular weight excluding hydrogens is 570 g/mol. The predicted octanol–water partition coefficient (Wildman–Crippen LogP) is 7.16. The van der Waals surface area contributed by atoms with E-state index >= 15 is 0 Å². The Labute approximate surface area is 249 Å². The Morgan fingerprint density at radius 1 is 0.738 bits per heavy atom. The van der Waals surface area contributed by atoms with Crippen molar-refractivity contribution in [1.82, 2.24) is 4.72 Å². The molecule has 0 radical (unpaired) electrons. The highest BCUT2D eigenvalue weighted by Crippen LogP contribution is 2.42. The van der Waals surface area contributed by atoms with Crippen LogP contribution < -0.4 is 4.72 Å². The van der Waals surface area contributed by atoms with Gasteiger partial charge < -0.3 is 0 Å². The monoisotopic (exact) mass is 595 g/mol. The molecule has 1 unspecified atom stereocenters. The molecule has 0 aliphatic heterocycles. The van der Waals surface area contributed by atoms with E-state index < -0.39 is 20.4 Å². The molecule has 9 heteroatoms. The molecule has 0 bridgehead atoms. The molecular formula is C33H26ClN3O4S. The van der Waals surface area contributed by atoms with Crippen LogP contribution in [0.5, 0.6) is 0 Å². The summed E-state index contributed by atoms with van der Waals surface area (Å²) in [6, 6.07) is 40.0. The van der Waals surface area contributed by atoms with Crippen molar-refractivity contribution < 1.29 is 13.3 Å². The quantitative estimate of drug-likeness (QED) is 0.0642.